The maximum atomic E-state index is 10.7. The number of hydrogen-bond donors (Lipinski definition) is 1. The van der Waals surface area contributed by atoms with E-state index in [4.69, 9.17) is 9.84 Å². The van der Waals surface area contributed by atoms with Gasteiger partial charge in [0, 0.05) is 12.6 Å². The molecule has 0 aromatic heterocycles. The van der Waals surface area contributed by atoms with E-state index in [2.05, 4.69) is 11.8 Å². The minimum Gasteiger partial charge on any atom is -0.494 e. The van der Waals surface area contributed by atoms with Crippen molar-refractivity contribution < 1.29 is 14.6 Å². The SMILES string of the molecule is CCN(CCCOc1ccccc1)C(C)CC(=O)O. The molecule has 0 saturated carbocycles. The minimum absolute atomic E-state index is 0.0687. The first-order valence-electron chi connectivity index (χ1n) is 6.77. The Hall–Kier alpha value is -1.55. The summed E-state index contributed by atoms with van der Waals surface area (Å²) in [6, 6.07) is 9.79. The molecule has 0 fully saturated rings. The molecule has 0 spiro atoms. The van der Waals surface area contributed by atoms with Crippen molar-refractivity contribution in [3.63, 3.8) is 0 Å². The zero-order valence-corrected chi connectivity index (χ0v) is 11.7. The fourth-order valence-electron chi connectivity index (χ4n) is 2.05. The topological polar surface area (TPSA) is 49.8 Å². The standard InChI is InChI=1S/C15H23NO3/c1-3-16(13(2)12-15(17)18)10-7-11-19-14-8-5-4-6-9-14/h4-6,8-9,13H,3,7,10-12H2,1-2H3,(H,17,18). The second kappa shape index (κ2) is 8.53. The van der Waals surface area contributed by atoms with E-state index in [-0.39, 0.29) is 12.5 Å². The van der Waals surface area contributed by atoms with Crippen LogP contribution in [0, 0.1) is 0 Å². The van der Waals surface area contributed by atoms with Crippen LogP contribution in [0.2, 0.25) is 0 Å². The van der Waals surface area contributed by atoms with Gasteiger partial charge in [0.2, 0.25) is 0 Å². The predicted octanol–water partition coefficient (Wildman–Crippen LogP) is 2.64. The van der Waals surface area contributed by atoms with Crippen molar-refractivity contribution >= 4 is 5.97 Å². The van der Waals surface area contributed by atoms with Crippen molar-refractivity contribution in [3.8, 4) is 5.75 Å². The molecule has 1 rings (SSSR count). The van der Waals surface area contributed by atoms with Crippen LogP contribution < -0.4 is 4.74 Å². The second-order valence-electron chi connectivity index (χ2n) is 4.59. The molecule has 0 aliphatic rings. The number of aliphatic carboxylic acids is 1. The fraction of sp³-hybridized carbons (Fsp3) is 0.533. The smallest absolute Gasteiger partial charge is 0.304 e. The number of carboxylic acids is 1. The van der Waals surface area contributed by atoms with Crippen LogP contribution in [-0.4, -0.2) is 41.7 Å². The van der Waals surface area contributed by atoms with Crippen molar-refractivity contribution in [1.29, 1.82) is 0 Å². The van der Waals surface area contributed by atoms with Crippen molar-refractivity contribution in [2.45, 2.75) is 32.7 Å². The van der Waals surface area contributed by atoms with Gasteiger partial charge in [0.15, 0.2) is 0 Å². The lowest BCUT2D eigenvalue weighted by molar-refractivity contribution is -0.138. The van der Waals surface area contributed by atoms with E-state index in [1.54, 1.807) is 0 Å². The lowest BCUT2D eigenvalue weighted by Gasteiger charge is -2.26. The Labute approximate surface area is 115 Å². The van der Waals surface area contributed by atoms with Crippen LogP contribution in [0.5, 0.6) is 5.75 Å². The Kier molecular flexibility index (Phi) is 6.97. The molecule has 0 aliphatic heterocycles. The van der Waals surface area contributed by atoms with Crippen LogP contribution in [-0.2, 0) is 4.79 Å². The first kappa shape index (κ1) is 15.5. The minimum atomic E-state index is -0.744. The number of carbonyl (C=O) groups is 1. The first-order chi connectivity index (χ1) is 9.13. The molecule has 0 radical (unpaired) electrons. The van der Waals surface area contributed by atoms with Gasteiger partial charge >= 0.3 is 5.97 Å². The summed E-state index contributed by atoms with van der Waals surface area (Å²) < 4.78 is 5.62. The third-order valence-electron chi connectivity index (χ3n) is 3.10. The van der Waals surface area contributed by atoms with E-state index < -0.39 is 5.97 Å². The average Bonchev–Trinajstić information content (AvgIpc) is 2.39. The van der Waals surface area contributed by atoms with E-state index in [0.29, 0.717) is 6.61 Å². The van der Waals surface area contributed by atoms with Crippen LogP contribution in [0.4, 0.5) is 0 Å². The molecule has 0 saturated heterocycles. The van der Waals surface area contributed by atoms with Gasteiger partial charge in [0.1, 0.15) is 5.75 Å². The molecule has 0 amide bonds. The summed E-state index contributed by atoms with van der Waals surface area (Å²) in [4.78, 5) is 12.9. The Morgan fingerprint density at radius 1 is 1.37 bits per heavy atom. The quantitative estimate of drug-likeness (QED) is 0.697. The molecule has 0 heterocycles. The number of nitrogens with zero attached hydrogens (tertiary/aromatic N) is 1. The van der Waals surface area contributed by atoms with Crippen molar-refractivity contribution in [2.24, 2.45) is 0 Å². The molecule has 1 unspecified atom stereocenters. The Morgan fingerprint density at radius 3 is 2.63 bits per heavy atom. The van der Waals surface area contributed by atoms with Gasteiger partial charge in [-0.3, -0.25) is 4.79 Å². The van der Waals surface area contributed by atoms with Crippen LogP contribution in [0.3, 0.4) is 0 Å². The highest BCUT2D eigenvalue weighted by molar-refractivity contribution is 5.67. The van der Waals surface area contributed by atoms with Gasteiger partial charge in [0.05, 0.1) is 13.0 Å². The maximum Gasteiger partial charge on any atom is 0.304 e. The highest BCUT2D eigenvalue weighted by Gasteiger charge is 2.14. The van der Waals surface area contributed by atoms with Gasteiger partial charge in [-0.1, -0.05) is 25.1 Å². The summed E-state index contributed by atoms with van der Waals surface area (Å²) in [6.07, 6.45) is 1.08. The van der Waals surface area contributed by atoms with E-state index in [1.165, 1.54) is 0 Å². The zero-order valence-electron chi connectivity index (χ0n) is 11.7. The van der Waals surface area contributed by atoms with E-state index in [1.807, 2.05) is 37.3 Å². The van der Waals surface area contributed by atoms with Crippen molar-refractivity contribution in [3.05, 3.63) is 30.3 Å². The number of rotatable bonds is 9. The third kappa shape index (κ3) is 6.25. The molecular formula is C15H23NO3. The summed E-state index contributed by atoms with van der Waals surface area (Å²) in [7, 11) is 0. The van der Waals surface area contributed by atoms with Gasteiger partial charge in [-0.2, -0.15) is 0 Å². The predicted molar refractivity (Wildman–Crippen MR) is 75.5 cm³/mol. The summed E-state index contributed by atoms with van der Waals surface area (Å²) in [5.74, 6) is 0.135. The molecule has 106 valence electrons. The summed E-state index contributed by atoms with van der Waals surface area (Å²) >= 11 is 0. The van der Waals surface area contributed by atoms with E-state index in [9.17, 15) is 4.79 Å². The van der Waals surface area contributed by atoms with Crippen LogP contribution in [0.1, 0.15) is 26.7 Å². The molecule has 1 aromatic rings. The van der Waals surface area contributed by atoms with Crippen molar-refractivity contribution in [2.75, 3.05) is 19.7 Å². The number of benzene rings is 1. The maximum absolute atomic E-state index is 10.7. The normalized spacial score (nSPS) is 12.4. The molecule has 1 atom stereocenters. The summed E-state index contributed by atoms with van der Waals surface area (Å²) in [5.41, 5.74) is 0. The van der Waals surface area contributed by atoms with Crippen LogP contribution in [0.25, 0.3) is 0 Å². The van der Waals surface area contributed by atoms with Gasteiger partial charge < -0.3 is 14.7 Å². The Morgan fingerprint density at radius 2 is 2.05 bits per heavy atom. The molecule has 4 heteroatoms. The fourth-order valence-corrected chi connectivity index (χ4v) is 2.05. The van der Waals surface area contributed by atoms with Crippen LogP contribution in [0.15, 0.2) is 30.3 Å². The van der Waals surface area contributed by atoms with Gasteiger partial charge in [-0.05, 0) is 32.0 Å². The van der Waals surface area contributed by atoms with E-state index >= 15 is 0 Å². The van der Waals surface area contributed by atoms with Gasteiger partial charge in [-0.15, -0.1) is 0 Å². The Bertz CT molecular complexity index is 367. The average molecular weight is 265 g/mol. The van der Waals surface area contributed by atoms with Crippen molar-refractivity contribution in [1.82, 2.24) is 4.90 Å². The number of carboxylic acid groups (broad SMARTS) is 1. The highest BCUT2D eigenvalue weighted by atomic mass is 16.5. The first-order valence-corrected chi connectivity index (χ1v) is 6.77. The molecular weight excluding hydrogens is 242 g/mol. The summed E-state index contributed by atoms with van der Waals surface area (Å²) in [6.45, 7) is 6.38. The van der Waals surface area contributed by atoms with Gasteiger partial charge in [0.25, 0.3) is 0 Å². The molecule has 1 N–H and O–H groups in total. The lowest BCUT2D eigenvalue weighted by atomic mass is 10.2. The number of ether oxygens (including phenoxy) is 1. The largest absolute Gasteiger partial charge is 0.494 e. The lowest BCUT2D eigenvalue weighted by Crippen LogP contribution is -2.35. The molecule has 0 bridgehead atoms. The van der Waals surface area contributed by atoms with E-state index in [0.717, 1.165) is 25.3 Å². The molecule has 1 aromatic carbocycles. The third-order valence-corrected chi connectivity index (χ3v) is 3.10. The van der Waals surface area contributed by atoms with Crippen LogP contribution >= 0.6 is 0 Å². The summed E-state index contributed by atoms with van der Waals surface area (Å²) in [5, 5.41) is 8.80. The Balaban J connectivity index is 2.24. The van der Waals surface area contributed by atoms with Gasteiger partial charge in [-0.25, -0.2) is 0 Å². The zero-order chi connectivity index (χ0) is 14.1. The number of para-hydroxylation sites is 1. The highest BCUT2D eigenvalue weighted by Crippen LogP contribution is 2.09. The molecule has 0 aliphatic carbocycles. The monoisotopic (exact) mass is 265 g/mol. The molecule has 19 heavy (non-hydrogen) atoms. The number of hydrogen-bond acceptors (Lipinski definition) is 3. The second-order valence-corrected chi connectivity index (χ2v) is 4.59. The molecule has 4 nitrogen and oxygen atoms in total.